The molecule has 1 N–H and O–H groups in total. The standard InChI is InChI=1S/C18H26N6O2.HI/c1-3-19-18(20-13-15-5-4-6-17(21-15)25-2)24-10-8-23(9-11-24)14-16-7-12-26-22-16;/h4-7,12H,3,8-11,13-14H2,1-2H3,(H,19,20);1H. The van der Waals surface area contributed by atoms with E-state index in [1.807, 2.05) is 24.3 Å². The molecule has 2 aromatic rings. The topological polar surface area (TPSA) is 79.0 Å². The van der Waals surface area contributed by atoms with Gasteiger partial charge in [-0.3, -0.25) is 4.90 Å². The SMILES string of the molecule is CCNC(=NCc1cccc(OC)n1)N1CCN(Cc2ccon2)CC1.I. The van der Waals surface area contributed by atoms with Gasteiger partial charge in [0.15, 0.2) is 5.96 Å². The number of guanidine groups is 1. The Labute approximate surface area is 177 Å². The number of hydrogen-bond donors (Lipinski definition) is 1. The third kappa shape index (κ3) is 6.35. The molecule has 9 heteroatoms. The molecular weight excluding hydrogens is 459 g/mol. The van der Waals surface area contributed by atoms with Crippen molar-refractivity contribution in [3.63, 3.8) is 0 Å². The fourth-order valence-corrected chi connectivity index (χ4v) is 2.91. The minimum Gasteiger partial charge on any atom is -0.481 e. The first-order valence-corrected chi connectivity index (χ1v) is 8.93. The molecule has 1 saturated heterocycles. The predicted molar refractivity (Wildman–Crippen MR) is 114 cm³/mol. The van der Waals surface area contributed by atoms with E-state index < -0.39 is 0 Å². The van der Waals surface area contributed by atoms with Crippen LogP contribution in [0.1, 0.15) is 18.3 Å². The molecule has 2 aromatic heterocycles. The van der Waals surface area contributed by atoms with E-state index in [1.165, 1.54) is 0 Å². The molecule has 8 nitrogen and oxygen atoms in total. The fourth-order valence-electron chi connectivity index (χ4n) is 2.91. The predicted octanol–water partition coefficient (Wildman–Crippen LogP) is 1.98. The monoisotopic (exact) mass is 486 g/mol. The lowest BCUT2D eigenvalue weighted by atomic mass is 10.3. The van der Waals surface area contributed by atoms with Gasteiger partial charge in [0.1, 0.15) is 6.26 Å². The molecule has 27 heavy (non-hydrogen) atoms. The Kier molecular flexibility index (Phi) is 8.79. The average molecular weight is 486 g/mol. The van der Waals surface area contributed by atoms with Crippen LogP contribution in [0.15, 0.2) is 40.0 Å². The summed E-state index contributed by atoms with van der Waals surface area (Å²) in [4.78, 5) is 13.8. The minimum absolute atomic E-state index is 0. The third-order valence-electron chi connectivity index (χ3n) is 4.26. The first kappa shape index (κ1) is 21.4. The molecule has 148 valence electrons. The van der Waals surface area contributed by atoms with E-state index in [2.05, 4.69) is 32.2 Å². The molecule has 0 bridgehead atoms. The van der Waals surface area contributed by atoms with E-state index in [0.29, 0.717) is 12.4 Å². The van der Waals surface area contributed by atoms with Gasteiger partial charge in [-0.15, -0.1) is 24.0 Å². The maximum absolute atomic E-state index is 5.18. The Morgan fingerprint density at radius 2 is 2.04 bits per heavy atom. The zero-order valence-corrected chi connectivity index (χ0v) is 18.1. The van der Waals surface area contributed by atoms with Gasteiger partial charge in [0.2, 0.25) is 5.88 Å². The van der Waals surface area contributed by atoms with Crippen molar-refractivity contribution < 1.29 is 9.26 Å². The lowest BCUT2D eigenvalue weighted by Crippen LogP contribution is -2.52. The zero-order chi connectivity index (χ0) is 18.2. The number of piperazine rings is 1. The van der Waals surface area contributed by atoms with E-state index >= 15 is 0 Å². The van der Waals surface area contributed by atoms with Gasteiger partial charge in [-0.1, -0.05) is 11.2 Å². The van der Waals surface area contributed by atoms with Crippen molar-refractivity contribution in [2.24, 2.45) is 4.99 Å². The van der Waals surface area contributed by atoms with Crippen molar-refractivity contribution in [2.45, 2.75) is 20.0 Å². The van der Waals surface area contributed by atoms with Gasteiger partial charge >= 0.3 is 0 Å². The first-order chi connectivity index (χ1) is 12.8. The largest absolute Gasteiger partial charge is 0.481 e. The number of rotatable bonds is 6. The van der Waals surface area contributed by atoms with Crippen molar-refractivity contribution in [1.82, 2.24) is 25.3 Å². The molecular formula is C18H27IN6O2. The maximum atomic E-state index is 5.18. The van der Waals surface area contributed by atoms with Crippen molar-refractivity contribution in [3.8, 4) is 5.88 Å². The van der Waals surface area contributed by atoms with E-state index in [4.69, 9.17) is 14.3 Å². The summed E-state index contributed by atoms with van der Waals surface area (Å²) in [5, 5.41) is 7.37. The van der Waals surface area contributed by atoms with Gasteiger partial charge in [0.25, 0.3) is 0 Å². The molecule has 0 atom stereocenters. The van der Waals surface area contributed by atoms with Crippen LogP contribution in [0.4, 0.5) is 0 Å². The van der Waals surface area contributed by atoms with E-state index in [1.54, 1.807) is 13.4 Å². The van der Waals surface area contributed by atoms with Crippen LogP contribution in [0, 0.1) is 0 Å². The highest BCUT2D eigenvalue weighted by atomic mass is 127. The molecule has 1 fully saturated rings. The summed E-state index contributed by atoms with van der Waals surface area (Å²) >= 11 is 0. The Morgan fingerprint density at radius 3 is 2.70 bits per heavy atom. The fraction of sp³-hybridized carbons (Fsp3) is 0.500. The van der Waals surface area contributed by atoms with Gasteiger partial charge in [-0.05, 0) is 13.0 Å². The summed E-state index contributed by atoms with van der Waals surface area (Å²) in [5.74, 6) is 1.54. The van der Waals surface area contributed by atoms with Crippen LogP contribution in [0.25, 0.3) is 0 Å². The van der Waals surface area contributed by atoms with Crippen LogP contribution < -0.4 is 10.1 Å². The quantitative estimate of drug-likeness (QED) is 0.380. The maximum Gasteiger partial charge on any atom is 0.213 e. The molecule has 1 aliphatic rings. The van der Waals surface area contributed by atoms with Crippen molar-refractivity contribution >= 4 is 29.9 Å². The normalized spacial score (nSPS) is 15.3. The van der Waals surface area contributed by atoms with E-state index in [0.717, 1.165) is 56.6 Å². The number of aliphatic imine (C=N–C) groups is 1. The number of pyridine rings is 1. The second-order valence-electron chi connectivity index (χ2n) is 6.10. The highest BCUT2D eigenvalue weighted by molar-refractivity contribution is 14.0. The summed E-state index contributed by atoms with van der Waals surface area (Å²) in [5.41, 5.74) is 1.87. The molecule has 1 aliphatic heterocycles. The van der Waals surface area contributed by atoms with Gasteiger partial charge in [0, 0.05) is 51.4 Å². The molecule has 3 heterocycles. The van der Waals surface area contributed by atoms with Crippen LogP contribution in [-0.2, 0) is 13.1 Å². The number of methoxy groups -OCH3 is 1. The molecule has 0 spiro atoms. The summed E-state index contributed by atoms with van der Waals surface area (Å²) in [7, 11) is 1.62. The number of nitrogens with zero attached hydrogens (tertiary/aromatic N) is 5. The van der Waals surface area contributed by atoms with Crippen molar-refractivity contribution in [3.05, 3.63) is 41.9 Å². The van der Waals surface area contributed by atoms with Gasteiger partial charge in [-0.2, -0.15) is 0 Å². The Hall–Kier alpha value is -1.88. The number of halogens is 1. The Balaban J connectivity index is 0.00000261. The van der Waals surface area contributed by atoms with Gasteiger partial charge < -0.3 is 19.5 Å². The summed E-state index contributed by atoms with van der Waals surface area (Å²) in [6.45, 7) is 8.06. The first-order valence-electron chi connectivity index (χ1n) is 8.93. The highest BCUT2D eigenvalue weighted by Crippen LogP contribution is 2.10. The minimum atomic E-state index is 0. The second-order valence-corrected chi connectivity index (χ2v) is 6.10. The van der Waals surface area contributed by atoms with Gasteiger partial charge in [-0.25, -0.2) is 9.98 Å². The van der Waals surface area contributed by atoms with Crippen molar-refractivity contribution in [2.75, 3.05) is 39.8 Å². The van der Waals surface area contributed by atoms with Crippen LogP contribution in [0.3, 0.4) is 0 Å². The highest BCUT2D eigenvalue weighted by Gasteiger charge is 2.20. The number of hydrogen-bond acceptors (Lipinski definition) is 6. The molecule has 0 aliphatic carbocycles. The summed E-state index contributed by atoms with van der Waals surface area (Å²) in [6, 6.07) is 7.66. The third-order valence-corrected chi connectivity index (χ3v) is 4.26. The summed E-state index contributed by atoms with van der Waals surface area (Å²) in [6.07, 6.45) is 1.62. The van der Waals surface area contributed by atoms with E-state index in [-0.39, 0.29) is 24.0 Å². The lowest BCUT2D eigenvalue weighted by molar-refractivity contribution is 0.169. The molecule has 0 saturated carbocycles. The summed E-state index contributed by atoms with van der Waals surface area (Å²) < 4.78 is 10.1. The number of nitrogens with one attached hydrogen (secondary N) is 1. The van der Waals surface area contributed by atoms with Crippen LogP contribution in [0.2, 0.25) is 0 Å². The van der Waals surface area contributed by atoms with Crippen LogP contribution >= 0.6 is 24.0 Å². The van der Waals surface area contributed by atoms with Crippen molar-refractivity contribution in [1.29, 1.82) is 0 Å². The Bertz CT molecular complexity index is 702. The molecule has 0 amide bonds. The van der Waals surface area contributed by atoms with Crippen LogP contribution in [0.5, 0.6) is 5.88 Å². The second kappa shape index (κ2) is 11.1. The molecule has 0 unspecified atom stereocenters. The zero-order valence-electron chi connectivity index (χ0n) is 15.8. The Morgan fingerprint density at radius 1 is 1.22 bits per heavy atom. The molecule has 0 radical (unpaired) electrons. The molecule has 0 aromatic carbocycles. The van der Waals surface area contributed by atoms with E-state index in [9.17, 15) is 0 Å². The van der Waals surface area contributed by atoms with Crippen LogP contribution in [-0.4, -0.2) is 65.7 Å². The average Bonchev–Trinajstić information content (AvgIpc) is 3.19. The molecule has 3 rings (SSSR count). The smallest absolute Gasteiger partial charge is 0.213 e. The number of aromatic nitrogens is 2. The van der Waals surface area contributed by atoms with Gasteiger partial charge in [0.05, 0.1) is 25.0 Å². The lowest BCUT2D eigenvalue weighted by Gasteiger charge is -2.36. The number of ether oxygens (including phenoxy) is 1.